The van der Waals surface area contributed by atoms with Gasteiger partial charge < -0.3 is 14.2 Å². The van der Waals surface area contributed by atoms with Gasteiger partial charge in [-0.1, -0.05) is 198 Å². The first-order chi connectivity index (χ1) is 25.6. The van der Waals surface area contributed by atoms with Gasteiger partial charge in [-0.15, -0.1) is 0 Å². The van der Waals surface area contributed by atoms with E-state index < -0.39 is 6.10 Å². The summed E-state index contributed by atoms with van der Waals surface area (Å²) in [6.45, 7) is 7.67. The van der Waals surface area contributed by atoms with Crippen LogP contribution in [0.25, 0.3) is 0 Å². The molecule has 0 aliphatic carbocycles. The Bertz CT molecular complexity index is 832. The number of rotatable bonds is 41. The zero-order valence-electron chi connectivity index (χ0n) is 34.8. The summed E-state index contributed by atoms with van der Waals surface area (Å²) >= 11 is 0. The van der Waals surface area contributed by atoms with Crippen LogP contribution < -0.4 is 0 Å². The maximum atomic E-state index is 12.6. The predicted octanol–water partition coefficient (Wildman–Crippen LogP) is 14.7. The summed E-state index contributed by atoms with van der Waals surface area (Å²) in [7, 11) is 0. The van der Waals surface area contributed by atoms with Gasteiger partial charge in [-0.2, -0.15) is 0 Å². The minimum atomic E-state index is -0.533. The van der Waals surface area contributed by atoms with Crippen LogP contribution >= 0.6 is 0 Å². The number of hydrogen-bond donors (Lipinski definition) is 0. The van der Waals surface area contributed by atoms with Gasteiger partial charge in [0.1, 0.15) is 6.61 Å². The van der Waals surface area contributed by atoms with E-state index in [0.29, 0.717) is 19.4 Å². The Labute approximate surface area is 323 Å². The molecular formula is C47H86O5. The lowest BCUT2D eigenvalue weighted by Crippen LogP contribution is -2.30. The summed E-state index contributed by atoms with van der Waals surface area (Å²) in [6, 6.07) is 0. The van der Waals surface area contributed by atoms with E-state index in [2.05, 4.69) is 57.2 Å². The summed E-state index contributed by atoms with van der Waals surface area (Å²) in [5.74, 6) is -0.403. The average molecular weight is 731 g/mol. The van der Waals surface area contributed by atoms with Crippen LogP contribution in [0, 0.1) is 0 Å². The zero-order valence-corrected chi connectivity index (χ0v) is 34.8. The molecule has 1 unspecified atom stereocenters. The van der Waals surface area contributed by atoms with Gasteiger partial charge in [0.25, 0.3) is 0 Å². The highest BCUT2D eigenvalue weighted by molar-refractivity contribution is 5.70. The van der Waals surface area contributed by atoms with Gasteiger partial charge >= 0.3 is 11.9 Å². The van der Waals surface area contributed by atoms with Crippen molar-refractivity contribution in [3.05, 3.63) is 36.5 Å². The Morgan fingerprint density at radius 1 is 0.442 bits per heavy atom. The second-order valence-electron chi connectivity index (χ2n) is 14.9. The highest BCUT2D eigenvalue weighted by Gasteiger charge is 2.17. The number of carbonyl (C=O) groups excluding carboxylic acids is 2. The normalized spacial score (nSPS) is 12.4. The van der Waals surface area contributed by atoms with Crippen molar-refractivity contribution in [2.24, 2.45) is 0 Å². The summed E-state index contributed by atoms with van der Waals surface area (Å²) in [4.78, 5) is 25.1. The second-order valence-corrected chi connectivity index (χ2v) is 14.9. The van der Waals surface area contributed by atoms with Crippen molar-refractivity contribution in [1.82, 2.24) is 0 Å². The number of allylic oxidation sites excluding steroid dienone is 6. The van der Waals surface area contributed by atoms with Gasteiger partial charge in [-0.3, -0.25) is 9.59 Å². The fraction of sp³-hybridized carbons (Fsp3) is 0.830. The van der Waals surface area contributed by atoms with Gasteiger partial charge in [-0.25, -0.2) is 0 Å². The van der Waals surface area contributed by atoms with Crippen molar-refractivity contribution in [3.8, 4) is 0 Å². The standard InChI is InChI=1S/C47H86O5/c1-4-7-10-13-16-18-20-22-23-24-26-28-30-33-36-39-42-50-43-45(52-47(49)41-38-35-31-15-12-9-6-3)44-51-46(48)40-37-34-32-29-27-25-21-19-17-14-11-8-5-2/h7,10,16,18,22-23,45H,4-6,8-9,11-15,17,19-21,24-44H2,1-3H3/b10-7-,18-16-,23-22-. The van der Waals surface area contributed by atoms with Crippen LogP contribution in [-0.4, -0.2) is 37.9 Å². The van der Waals surface area contributed by atoms with E-state index >= 15 is 0 Å². The smallest absolute Gasteiger partial charge is 0.306 e. The molecule has 0 aromatic rings. The fourth-order valence-electron chi connectivity index (χ4n) is 6.35. The molecule has 0 amide bonds. The summed E-state index contributed by atoms with van der Waals surface area (Å²) in [5.41, 5.74) is 0. The first-order valence-electron chi connectivity index (χ1n) is 22.5. The second kappa shape index (κ2) is 43.5. The van der Waals surface area contributed by atoms with Crippen molar-refractivity contribution >= 4 is 11.9 Å². The molecule has 5 heteroatoms. The van der Waals surface area contributed by atoms with Crippen LogP contribution in [0.4, 0.5) is 0 Å². The molecule has 0 aliphatic heterocycles. The van der Waals surface area contributed by atoms with E-state index in [9.17, 15) is 9.59 Å². The Morgan fingerprint density at radius 2 is 0.865 bits per heavy atom. The first kappa shape index (κ1) is 50.1. The molecule has 0 heterocycles. The summed E-state index contributed by atoms with van der Waals surface area (Å²) in [5, 5.41) is 0. The van der Waals surface area contributed by atoms with Crippen molar-refractivity contribution < 1.29 is 23.8 Å². The largest absolute Gasteiger partial charge is 0.462 e. The first-order valence-corrected chi connectivity index (χ1v) is 22.5. The molecule has 0 aromatic heterocycles. The van der Waals surface area contributed by atoms with Gasteiger partial charge in [-0.05, 0) is 51.4 Å². The van der Waals surface area contributed by atoms with Gasteiger partial charge in [0.15, 0.2) is 6.10 Å². The highest BCUT2D eigenvalue weighted by Crippen LogP contribution is 2.14. The number of carbonyl (C=O) groups is 2. The molecule has 5 nitrogen and oxygen atoms in total. The van der Waals surface area contributed by atoms with Crippen LogP contribution in [0.1, 0.15) is 226 Å². The highest BCUT2D eigenvalue weighted by atomic mass is 16.6. The van der Waals surface area contributed by atoms with E-state index in [1.165, 1.54) is 128 Å². The number of esters is 2. The molecule has 0 bridgehead atoms. The summed E-state index contributed by atoms with van der Waals surface area (Å²) in [6.07, 6.45) is 50.1. The quantitative estimate of drug-likeness (QED) is 0.0356. The van der Waals surface area contributed by atoms with E-state index in [4.69, 9.17) is 14.2 Å². The molecule has 0 fully saturated rings. The van der Waals surface area contributed by atoms with E-state index in [1.54, 1.807) is 0 Å². The molecule has 0 N–H and O–H groups in total. The van der Waals surface area contributed by atoms with Crippen molar-refractivity contribution in [3.63, 3.8) is 0 Å². The fourth-order valence-corrected chi connectivity index (χ4v) is 6.35. The molecule has 0 rings (SSSR count). The third-order valence-corrected chi connectivity index (χ3v) is 9.69. The monoisotopic (exact) mass is 731 g/mol. The molecule has 0 spiro atoms. The lowest BCUT2D eigenvalue weighted by atomic mass is 10.0. The average Bonchev–Trinajstić information content (AvgIpc) is 3.14. The number of hydrogen-bond acceptors (Lipinski definition) is 5. The van der Waals surface area contributed by atoms with Crippen LogP contribution in [0.5, 0.6) is 0 Å². The van der Waals surface area contributed by atoms with Crippen LogP contribution in [0.3, 0.4) is 0 Å². The third-order valence-electron chi connectivity index (χ3n) is 9.69. The van der Waals surface area contributed by atoms with E-state index in [1.807, 2.05) is 0 Å². The molecule has 304 valence electrons. The van der Waals surface area contributed by atoms with Gasteiger partial charge in [0.05, 0.1) is 6.61 Å². The maximum absolute atomic E-state index is 12.6. The molecular weight excluding hydrogens is 645 g/mol. The lowest BCUT2D eigenvalue weighted by Gasteiger charge is -2.18. The SMILES string of the molecule is CC/C=C\C/C=C\C/C=C\CCCCCCCCOCC(COC(=O)CCCCCCCCCCCCCCC)OC(=O)CCCCCCCCC. The molecule has 0 saturated heterocycles. The molecule has 0 aromatic carbocycles. The molecule has 1 atom stereocenters. The molecule has 52 heavy (non-hydrogen) atoms. The Morgan fingerprint density at radius 3 is 1.38 bits per heavy atom. The molecule has 0 saturated carbocycles. The van der Waals surface area contributed by atoms with Crippen LogP contribution in [0.2, 0.25) is 0 Å². The minimum Gasteiger partial charge on any atom is -0.462 e. The minimum absolute atomic E-state index is 0.0844. The van der Waals surface area contributed by atoms with Gasteiger partial charge in [0, 0.05) is 19.4 Å². The van der Waals surface area contributed by atoms with Crippen LogP contribution in [-0.2, 0) is 23.8 Å². The molecule has 0 aliphatic rings. The lowest BCUT2D eigenvalue weighted by molar-refractivity contribution is -0.163. The van der Waals surface area contributed by atoms with Crippen molar-refractivity contribution in [2.45, 2.75) is 232 Å². The van der Waals surface area contributed by atoms with Crippen LogP contribution in [0.15, 0.2) is 36.5 Å². The zero-order chi connectivity index (χ0) is 37.8. The summed E-state index contributed by atoms with van der Waals surface area (Å²) < 4.78 is 17.2. The number of unbranched alkanes of at least 4 members (excludes halogenated alkanes) is 24. The van der Waals surface area contributed by atoms with E-state index in [-0.39, 0.29) is 25.2 Å². The Kier molecular flexibility index (Phi) is 42.0. The van der Waals surface area contributed by atoms with E-state index in [0.717, 1.165) is 64.2 Å². The van der Waals surface area contributed by atoms with Gasteiger partial charge in [0.2, 0.25) is 0 Å². The molecule has 0 radical (unpaired) electrons. The Balaban J connectivity index is 4.15. The number of ether oxygens (including phenoxy) is 3. The Hall–Kier alpha value is -1.88. The van der Waals surface area contributed by atoms with Crippen molar-refractivity contribution in [1.29, 1.82) is 0 Å². The predicted molar refractivity (Wildman–Crippen MR) is 224 cm³/mol. The van der Waals surface area contributed by atoms with Crippen molar-refractivity contribution in [2.75, 3.05) is 19.8 Å². The third kappa shape index (κ3) is 40.9. The topological polar surface area (TPSA) is 61.8 Å². The maximum Gasteiger partial charge on any atom is 0.306 e.